The van der Waals surface area contributed by atoms with Crippen molar-refractivity contribution in [1.29, 1.82) is 0 Å². The number of amides is 1. The Balaban J connectivity index is 1.77. The molecule has 0 spiro atoms. The second-order valence-corrected chi connectivity index (χ2v) is 8.31. The van der Waals surface area contributed by atoms with Crippen LogP contribution in [0.1, 0.15) is 41.2 Å². The molecule has 168 valence electrons. The van der Waals surface area contributed by atoms with Crippen molar-refractivity contribution in [3.63, 3.8) is 0 Å². The summed E-state index contributed by atoms with van der Waals surface area (Å²) in [5, 5.41) is 2.82. The average Bonchev–Trinajstić information content (AvgIpc) is 2.73. The molecule has 0 radical (unpaired) electrons. The molecule has 1 N–H and O–H groups in total. The lowest BCUT2D eigenvalue weighted by Crippen LogP contribution is -2.30. The van der Waals surface area contributed by atoms with Gasteiger partial charge in [0, 0.05) is 23.2 Å². The smallest absolute Gasteiger partial charge is 0.272 e. The van der Waals surface area contributed by atoms with E-state index < -0.39 is 11.6 Å². The Morgan fingerprint density at radius 2 is 1.88 bits per heavy atom. The number of nitrogens with one attached hydrogen (secondary N) is 1. The van der Waals surface area contributed by atoms with Gasteiger partial charge in [-0.1, -0.05) is 12.1 Å². The molecule has 2 aromatic carbocycles. The largest absolute Gasteiger partial charge is 0.472 e. The molecule has 3 rings (SSSR count). The summed E-state index contributed by atoms with van der Waals surface area (Å²) >= 11 is 3.21. The SMILES string of the molecule is Cc1nc(OCc2ccc(F)cc2F)c(Br)c(=O)n1Cc1ccc(C(=O)NC(C)C)cc1. The molecular weight excluding hydrogens is 484 g/mol. The molecule has 1 aromatic heterocycles. The molecule has 0 aliphatic carbocycles. The quantitative estimate of drug-likeness (QED) is 0.517. The number of hydrogen-bond acceptors (Lipinski definition) is 4. The van der Waals surface area contributed by atoms with E-state index in [9.17, 15) is 18.4 Å². The van der Waals surface area contributed by atoms with Gasteiger partial charge in [-0.3, -0.25) is 14.2 Å². The second-order valence-electron chi connectivity index (χ2n) is 7.52. The van der Waals surface area contributed by atoms with Gasteiger partial charge in [-0.05, 0) is 66.5 Å². The molecule has 0 unspecified atom stereocenters. The molecule has 0 saturated heterocycles. The normalized spacial score (nSPS) is 11.0. The van der Waals surface area contributed by atoms with E-state index in [0.717, 1.165) is 17.7 Å². The highest BCUT2D eigenvalue weighted by Gasteiger charge is 2.16. The highest BCUT2D eigenvalue weighted by Crippen LogP contribution is 2.21. The minimum absolute atomic E-state index is 0.0215. The fraction of sp³-hybridized carbons (Fsp3) is 0.261. The first-order chi connectivity index (χ1) is 15.2. The fourth-order valence-corrected chi connectivity index (χ4v) is 3.39. The number of nitrogens with zero attached hydrogens (tertiary/aromatic N) is 2. The van der Waals surface area contributed by atoms with Crippen molar-refractivity contribution < 1.29 is 18.3 Å². The average molecular weight is 506 g/mol. The van der Waals surface area contributed by atoms with Gasteiger partial charge in [0.05, 0.1) is 6.54 Å². The maximum absolute atomic E-state index is 13.8. The number of rotatable bonds is 7. The van der Waals surface area contributed by atoms with Gasteiger partial charge in [0.1, 0.15) is 28.5 Å². The molecule has 9 heteroatoms. The standard InChI is InChI=1S/C23H22BrF2N3O3/c1-13(2)27-21(30)16-6-4-15(5-7-16)11-29-14(3)28-22(20(24)23(29)31)32-12-17-8-9-18(25)10-19(17)26/h4-10,13H,11-12H2,1-3H3,(H,27,30). The Morgan fingerprint density at radius 1 is 1.19 bits per heavy atom. The Hall–Kier alpha value is -3.07. The Kier molecular flexibility index (Phi) is 7.40. The molecule has 0 aliphatic rings. The van der Waals surface area contributed by atoms with Gasteiger partial charge in [-0.2, -0.15) is 4.98 Å². The van der Waals surface area contributed by atoms with E-state index in [0.29, 0.717) is 11.4 Å². The van der Waals surface area contributed by atoms with Gasteiger partial charge < -0.3 is 10.1 Å². The van der Waals surface area contributed by atoms with Gasteiger partial charge in [0.2, 0.25) is 5.88 Å². The monoisotopic (exact) mass is 505 g/mol. The zero-order valence-electron chi connectivity index (χ0n) is 17.8. The first kappa shape index (κ1) is 23.6. The van der Waals surface area contributed by atoms with Crippen LogP contribution in [0.3, 0.4) is 0 Å². The summed E-state index contributed by atoms with van der Waals surface area (Å²) in [4.78, 5) is 29.2. The van der Waals surface area contributed by atoms with Crippen LogP contribution in [-0.2, 0) is 13.2 Å². The molecule has 0 saturated carbocycles. The number of carbonyl (C=O) groups excluding carboxylic acids is 1. The number of carbonyl (C=O) groups is 1. The summed E-state index contributed by atoms with van der Waals surface area (Å²) in [5.41, 5.74) is 1.12. The van der Waals surface area contributed by atoms with Crippen molar-refractivity contribution in [3.8, 4) is 5.88 Å². The molecule has 1 heterocycles. The topological polar surface area (TPSA) is 73.2 Å². The number of aromatic nitrogens is 2. The third-order valence-electron chi connectivity index (χ3n) is 4.63. The molecule has 1 amide bonds. The zero-order chi connectivity index (χ0) is 23.4. The lowest BCUT2D eigenvalue weighted by Gasteiger charge is -2.14. The zero-order valence-corrected chi connectivity index (χ0v) is 19.4. The van der Waals surface area contributed by atoms with E-state index in [2.05, 4.69) is 26.2 Å². The van der Waals surface area contributed by atoms with Crippen LogP contribution in [0.2, 0.25) is 0 Å². The van der Waals surface area contributed by atoms with Crippen LogP contribution in [0.5, 0.6) is 5.88 Å². The molecule has 6 nitrogen and oxygen atoms in total. The second kappa shape index (κ2) is 10.0. The maximum atomic E-state index is 13.8. The van der Waals surface area contributed by atoms with E-state index in [1.54, 1.807) is 31.2 Å². The van der Waals surface area contributed by atoms with Crippen molar-refractivity contribution >= 4 is 21.8 Å². The number of aryl methyl sites for hydroxylation is 1. The molecule has 0 aliphatic heterocycles. The minimum atomic E-state index is -0.739. The van der Waals surface area contributed by atoms with Crippen LogP contribution >= 0.6 is 15.9 Å². The van der Waals surface area contributed by atoms with Crippen LogP contribution in [0.4, 0.5) is 8.78 Å². The van der Waals surface area contributed by atoms with E-state index >= 15 is 0 Å². The lowest BCUT2D eigenvalue weighted by molar-refractivity contribution is 0.0943. The Morgan fingerprint density at radius 3 is 2.50 bits per heavy atom. The van der Waals surface area contributed by atoms with Gasteiger partial charge in [-0.15, -0.1) is 0 Å². The highest BCUT2D eigenvalue weighted by molar-refractivity contribution is 9.10. The summed E-state index contributed by atoms with van der Waals surface area (Å²) < 4.78 is 33.9. The number of ether oxygens (including phenoxy) is 1. The van der Waals surface area contributed by atoms with Crippen LogP contribution in [0.15, 0.2) is 51.7 Å². The Labute approximate surface area is 192 Å². The van der Waals surface area contributed by atoms with E-state index in [1.165, 1.54) is 10.6 Å². The fourth-order valence-electron chi connectivity index (χ4n) is 2.97. The summed E-state index contributed by atoms with van der Waals surface area (Å²) in [5.74, 6) is -1.17. The third kappa shape index (κ3) is 5.59. The van der Waals surface area contributed by atoms with Gasteiger partial charge >= 0.3 is 0 Å². The van der Waals surface area contributed by atoms with Crippen molar-refractivity contribution in [2.45, 2.75) is 40.0 Å². The first-order valence-electron chi connectivity index (χ1n) is 9.89. The van der Waals surface area contributed by atoms with Crippen molar-refractivity contribution in [2.24, 2.45) is 0 Å². The molecular formula is C23H22BrF2N3O3. The number of hydrogen-bond donors (Lipinski definition) is 1. The Bertz CT molecular complexity index is 1190. The number of halogens is 3. The number of benzene rings is 2. The van der Waals surface area contributed by atoms with Crippen molar-refractivity contribution in [3.05, 3.63) is 91.4 Å². The highest BCUT2D eigenvalue weighted by atomic mass is 79.9. The van der Waals surface area contributed by atoms with Crippen molar-refractivity contribution in [1.82, 2.24) is 14.9 Å². The lowest BCUT2D eigenvalue weighted by atomic mass is 10.1. The summed E-state index contributed by atoms with van der Waals surface area (Å²) in [6.07, 6.45) is 0. The minimum Gasteiger partial charge on any atom is -0.472 e. The van der Waals surface area contributed by atoms with Crippen LogP contribution in [0, 0.1) is 18.6 Å². The molecule has 0 bridgehead atoms. The van der Waals surface area contributed by atoms with Gasteiger partial charge in [0.25, 0.3) is 11.5 Å². The maximum Gasteiger partial charge on any atom is 0.272 e. The first-order valence-corrected chi connectivity index (χ1v) is 10.7. The third-order valence-corrected chi connectivity index (χ3v) is 5.31. The summed E-state index contributed by atoms with van der Waals surface area (Å²) in [6, 6.07) is 10.2. The molecule has 0 fully saturated rings. The molecule has 3 aromatic rings. The van der Waals surface area contributed by atoms with E-state index in [-0.39, 0.29) is 46.6 Å². The van der Waals surface area contributed by atoms with E-state index in [1.807, 2.05) is 13.8 Å². The van der Waals surface area contributed by atoms with Crippen LogP contribution in [0.25, 0.3) is 0 Å². The molecule has 0 atom stereocenters. The summed E-state index contributed by atoms with van der Waals surface area (Å²) in [6.45, 7) is 5.46. The predicted octanol–water partition coefficient (Wildman–Crippen LogP) is 4.36. The van der Waals surface area contributed by atoms with Crippen LogP contribution in [-0.4, -0.2) is 21.5 Å². The van der Waals surface area contributed by atoms with Gasteiger partial charge in [-0.25, -0.2) is 8.78 Å². The predicted molar refractivity (Wildman–Crippen MR) is 120 cm³/mol. The molecule has 32 heavy (non-hydrogen) atoms. The van der Waals surface area contributed by atoms with Gasteiger partial charge in [0.15, 0.2) is 0 Å². The van der Waals surface area contributed by atoms with Crippen molar-refractivity contribution in [2.75, 3.05) is 0 Å². The van der Waals surface area contributed by atoms with E-state index in [4.69, 9.17) is 4.74 Å². The van der Waals surface area contributed by atoms with Crippen LogP contribution < -0.4 is 15.6 Å². The summed E-state index contributed by atoms with van der Waals surface area (Å²) in [7, 11) is 0.